The zero-order chi connectivity index (χ0) is 30.4. The minimum Gasteiger partial charge on any atom is -0.459 e. The molecule has 0 bridgehead atoms. The molecule has 1 fully saturated rings. The number of aromatic amines is 1. The van der Waals surface area contributed by atoms with E-state index < -0.39 is 66.4 Å². The summed E-state index contributed by atoms with van der Waals surface area (Å²) in [5, 5.41) is 11.7. The zero-order valence-corrected chi connectivity index (χ0v) is 22.5. The number of nitrogens with one attached hydrogen (secondary N) is 1. The number of hydrogen-bond acceptors (Lipinski definition) is 10. The SMILES string of the molecule is O=C(OC[C@H]1O[C@@](COC(=O)c2ccccc2)(n2ccc(=O)[nH]c2=O)[C@H](O)[C@@H]1OC(=O)c1ccccc1)c1ccccc1. The quantitative estimate of drug-likeness (QED) is 0.219. The molecule has 0 amide bonds. The Morgan fingerprint density at radius 2 is 1.28 bits per heavy atom. The Hall–Kier alpha value is -5.33. The average Bonchev–Trinajstić information content (AvgIpc) is 3.30. The second-order valence-electron chi connectivity index (χ2n) is 9.57. The van der Waals surface area contributed by atoms with Crippen molar-refractivity contribution in [3.05, 3.63) is 141 Å². The van der Waals surface area contributed by atoms with Crippen LogP contribution in [-0.2, 0) is 24.7 Å². The van der Waals surface area contributed by atoms with E-state index in [4.69, 9.17) is 18.9 Å². The fourth-order valence-electron chi connectivity index (χ4n) is 4.64. The molecule has 5 rings (SSSR count). The molecule has 12 nitrogen and oxygen atoms in total. The molecule has 12 heteroatoms. The predicted octanol–water partition coefficient (Wildman–Crippen LogP) is 1.89. The molecule has 0 radical (unpaired) electrons. The molecule has 0 unspecified atom stereocenters. The zero-order valence-electron chi connectivity index (χ0n) is 22.5. The number of ether oxygens (including phenoxy) is 4. The molecule has 3 aromatic carbocycles. The lowest BCUT2D eigenvalue weighted by Crippen LogP contribution is -2.55. The fourth-order valence-corrected chi connectivity index (χ4v) is 4.64. The highest BCUT2D eigenvalue weighted by Crippen LogP contribution is 2.38. The summed E-state index contributed by atoms with van der Waals surface area (Å²) in [4.78, 5) is 65.6. The lowest BCUT2D eigenvalue weighted by Gasteiger charge is -2.33. The molecule has 2 heterocycles. The smallest absolute Gasteiger partial charge is 0.338 e. The molecule has 220 valence electrons. The van der Waals surface area contributed by atoms with Crippen molar-refractivity contribution in [1.29, 1.82) is 0 Å². The summed E-state index contributed by atoms with van der Waals surface area (Å²) in [5.41, 5.74) is -3.37. The van der Waals surface area contributed by atoms with E-state index in [0.29, 0.717) is 0 Å². The van der Waals surface area contributed by atoms with E-state index in [0.717, 1.165) is 16.8 Å². The van der Waals surface area contributed by atoms with Gasteiger partial charge >= 0.3 is 23.6 Å². The lowest BCUT2D eigenvalue weighted by atomic mass is 10.0. The van der Waals surface area contributed by atoms with E-state index in [1.807, 2.05) is 0 Å². The number of esters is 3. The Morgan fingerprint density at radius 3 is 1.81 bits per heavy atom. The average molecular weight is 587 g/mol. The van der Waals surface area contributed by atoms with Gasteiger partial charge in [0, 0.05) is 12.3 Å². The Bertz CT molecular complexity index is 1710. The Balaban J connectivity index is 1.50. The van der Waals surface area contributed by atoms with Crippen molar-refractivity contribution in [3.8, 4) is 0 Å². The first-order valence-electron chi connectivity index (χ1n) is 13.2. The van der Waals surface area contributed by atoms with Crippen LogP contribution < -0.4 is 11.2 Å². The number of aliphatic hydroxyl groups excluding tert-OH is 1. The number of rotatable bonds is 9. The predicted molar refractivity (Wildman–Crippen MR) is 149 cm³/mol. The number of nitrogens with zero attached hydrogens (tertiary/aromatic N) is 1. The first kappa shape index (κ1) is 29.2. The van der Waals surface area contributed by atoms with Gasteiger partial charge in [-0.3, -0.25) is 14.3 Å². The van der Waals surface area contributed by atoms with Crippen LogP contribution in [-0.4, -0.2) is 64.1 Å². The molecule has 4 aromatic rings. The highest BCUT2D eigenvalue weighted by atomic mass is 16.6. The molecule has 0 spiro atoms. The lowest BCUT2D eigenvalue weighted by molar-refractivity contribution is -0.175. The Kier molecular flexibility index (Phi) is 8.60. The second kappa shape index (κ2) is 12.7. The van der Waals surface area contributed by atoms with Gasteiger partial charge in [0.1, 0.15) is 25.4 Å². The van der Waals surface area contributed by atoms with Crippen molar-refractivity contribution >= 4 is 17.9 Å². The number of H-pyrrole nitrogens is 1. The summed E-state index contributed by atoms with van der Waals surface area (Å²) in [7, 11) is 0. The molecule has 0 aliphatic carbocycles. The van der Waals surface area contributed by atoms with Crippen molar-refractivity contribution in [3.63, 3.8) is 0 Å². The van der Waals surface area contributed by atoms with Gasteiger partial charge in [0.05, 0.1) is 16.7 Å². The second-order valence-corrected chi connectivity index (χ2v) is 9.57. The largest absolute Gasteiger partial charge is 0.459 e. The minimum absolute atomic E-state index is 0.156. The van der Waals surface area contributed by atoms with Crippen LogP contribution in [0.15, 0.2) is 113 Å². The standard InChI is InChI=1S/C31H26N2O10/c34-24-16-17-33(30(39)32-24)31(19-41-28(37)21-12-6-2-7-13-21)26(35)25(42-29(38)22-14-8-3-9-15-22)23(43-31)18-40-27(36)20-10-4-1-5-11-20/h1-17,23,25-26,35H,18-19H2,(H,32,34,39)/t23-,25-,26-,31-/m1/s1. The third kappa shape index (κ3) is 6.30. The first-order chi connectivity index (χ1) is 20.8. The van der Waals surface area contributed by atoms with Crippen molar-refractivity contribution in [2.75, 3.05) is 13.2 Å². The van der Waals surface area contributed by atoms with Gasteiger partial charge in [-0.1, -0.05) is 54.6 Å². The third-order valence-corrected chi connectivity index (χ3v) is 6.79. The van der Waals surface area contributed by atoms with Gasteiger partial charge in [0.25, 0.3) is 5.56 Å². The number of aliphatic hydroxyl groups is 1. The molecule has 0 saturated carbocycles. The summed E-state index contributed by atoms with van der Waals surface area (Å²) >= 11 is 0. The summed E-state index contributed by atoms with van der Waals surface area (Å²) < 4.78 is 23.6. The minimum atomic E-state index is -2.21. The molecule has 4 atom stereocenters. The number of carbonyl (C=O) groups is 3. The van der Waals surface area contributed by atoms with E-state index in [2.05, 4.69) is 4.98 Å². The summed E-state index contributed by atoms with van der Waals surface area (Å²) in [6, 6.07) is 25.0. The maximum absolute atomic E-state index is 13.1. The Labute approximate surface area is 244 Å². The van der Waals surface area contributed by atoms with Crippen molar-refractivity contribution in [2.45, 2.75) is 24.0 Å². The van der Waals surface area contributed by atoms with E-state index in [-0.39, 0.29) is 16.7 Å². The molecule has 1 aliphatic rings. The van der Waals surface area contributed by atoms with Crippen molar-refractivity contribution < 1.29 is 38.4 Å². The molecule has 2 N–H and O–H groups in total. The summed E-state index contributed by atoms with van der Waals surface area (Å²) in [5.74, 6) is -2.36. The van der Waals surface area contributed by atoms with Gasteiger partial charge in [-0.2, -0.15) is 0 Å². The monoisotopic (exact) mass is 586 g/mol. The highest BCUT2D eigenvalue weighted by molar-refractivity contribution is 5.90. The van der Waals surface area contributed by atoms with Crippen LogP contribution in [0.4, 0.5) is 0 Å². The van der Waals surface area contributed by atoms with Crippen LogP contribution in [0.2, 0.25) is 0 Å². The van der Waals surface area contributed by atoms with Gasteiger partial charge in [0.2, 0.25) is 5.72 Å². The Morgan fingerprint density at radius 1 is 0.767 bits per heavy atom. The van der Waals surface area contributed by atoms with Crippen molar-refractivity contribution in [2.24, 2.45) is 0 Å². The van der Waals surface area contributed by atoms with E-state index in [1.54, 1.807) is 54.6 Å². The fraction of sp³-hybridized carbons (Fsp3) is 0.194. The van der Waals surface area contributed by atoms with Gasteiger partial charge < -0.3 is 24.1 Å². The molecular weight excluding hydrogens is 560 g/mol. The maximum atomic E-state index is 13.1. The topological polar surface area (TPSA) is 163 Å². The summed E-state index contributed by atoms with van der Waals surface area (Å²) in [6.45, 7) is -1.28. The van der Waals surface area contributed by atoms with E-state index in [9.17, 15) is 29.1 Å². The first-order valence-corrected chi connectivity index (χ1v) is 13.2. The van der Waals surface area contributed by atoms with Gasteiger partial charge in [-0.25, -0.2) is 19.2 Å². The molecular formula is C31H26N2O10. The van der Waals surface area contributed by atoms with E-state index >= 15 is 0 Å². The van der Waals surface area contributed by atoms with Crippen LogP contribution in [0.1, 0.15) is 31.1 Å². The van der Waals surface area contributed by atoms with Crippen LogP contribution in [0.5, 0.6) is 0 Å². The van der Waals surface area contributed by atoms with Crippen LogP contribution in [0, 0.1) is 0 Å². The maximum Gasteiger partial charge on any atom is 0.338 e. The highest BCUT2D eigenvalue weighted by Gasteiger charge is 2.59. The van der Waals surface area contributed by atoms with Gasteiger partial charge in [-0.05, 0) is 36.4 Å². The third-order valence-electron chi connectivity index (χ3n) is 6.79. The molecule has 43 heavy (non-hydrogen) atoms. The van der Waals surface area contributed by atoms with Crippen LogP contribution >= 0.6 is 0 Å². The van der Waals surface area contributed by atoms with Crippen LogP contribution in [0.3, 0.4) is 0 Å². The number of aromatic nitrogens is 2. The number of hydrogen-bond donors (Lipinski definition) is 2. The van der Waals surface area contributed by atoms with E-state index in [1.165, 1.54) is 36.4 Å². The number of carbonyl (C=O) groups excluding carboxylic acids is 3. The van der Waals surface area contributed by atoms with Crippen molar-refractivity contribution in [1.82, 2.24) is 9.55 Å². The molecule has 1 aromatic heterocycles. The number of benzene rings is 3. The van der Waals surface area contributed by atoms with Gasteiger partial charge in [0.15, 0.2) is 6.10 Å². The van der Waals surface area contributed by atoms with Crippen LogP contribution in [0.25, 0.3) is 0 Å². The molecule has 1 saturated heterocycles. The normalized spacial score (nSPS) is 21.1. The van der Waals surface area contributed by atoms with Gasteiger partial charge in [-0.15, -0.1) is 0 Å². The molecule has 1 aliphatic heterocycles. The summed E-state index contributed by atoms with van der Waals surface area (Å²) in [6.07, 6.45) is -3.67.